The van der Waals surface area contributed by atoms with Crippen molar-refractivity contribution in [2.45, 2.75) is 0 Å². The van der Waals surface area contributed by atoms with Crippen molar-refractivity contribution in [2.24, 2.45) is 0 Å². The molecule has 0 unspecified atom stereocenters. The Labute approximate surface area is 168 Å². The molecule has 2 aromatic heterocycles. The van der Waals surface area contributed by atoms with E-state index in [0.717, 1.165) is 17.1 Å². The fourth-order valence-electron chi connectivity index (χ4n) is 3.51. The van der Waals surface area contributed by atoms with Crippen molar-refractivity contribution in [3.63, 3.8) is 0 Å². The van der Waals surface area contributed by atoms with Crippen LogP contribution in [0.4, 0.5) is 0 Å². The number of carboxylic acids is 2. The summed E-state index contributed by atoms with van der Waals surface area (Å²) in [5.74, 6) is -1.82. The van der Waals surface area contributed by atoms with Gasteiger partial charge in [-0.3, -0.25) is 0 Å². The maximum atomic E-state index is 11.9. The number of nitrogens with one attached hydrogen (secondary N) is 2. The van der Waals surface area contributed by atoms with Crippen LogP contribution in [-0.4, -0.2) is 42.1 Å². The minimum atomic E-state index is -1.25. The second kappa shape index (κ2) is 6.56. The standard InChI is InChI=1S/C22H14N4O4/c27-21(28)13-10-14(22(29)30)12(20-25-17-7-3-4-8-18(17)26-20)9-11(13)19-23-15-5-1-2-6-16(15)24-19/h1-10H,(H,23,24)(H,25,26)(H,27,28)(H,29,30). The topological polar surface area (TPSA) is 132 Å². The first kappa shape index (κ1) is 17.6. The van der Waals surface area contributed by atoms with E-state index in [9.17, 15) is 19.8 Å². The van der Waals surface area contributed by atoms with E-state index < -0.39 is 11.9 Å². The van der Waals surface area contributed by atoms with Gasteiger partial charge < -0.3 is 20.2 Å². The molecule has 146 valence electrons. The third-order valence-electron chi connectivity index (χ3n) is 4.91. The van der Waals surface area contributed by atoms with E-state index in [1.807, 2.05) is 48.5 Å². The van der Waals surface area contributed by atoms with Gasteiger partial charge in [0.25, 0.3) is 0 Å². The SMILES string of the molecule is O=C(O)c1cc(C(=O)O)c(-c2nc3ccccc3[nH]2)cc1-c1nc2ccccc2[nH]1. The number of para-hydroxylation sites is 4. The maximum absolute atomic E-state index is 11.9. The zero-order valence-corrected chi connectivity index (χ0v) is 15.4. The molecule has 30 heavy (non-hydrogen) atoms. The Morgan fingerprint density at radius 3 is 1.50 bits per heavy atom. The number of aromatic nitrogens is 4. The summed E-state index contributed by atoms with van der Waals surface area (Å²) in [5, 5.41) is 19.5. The summed E-state index contributed by atoms with van der Waals surface area (Å²) in [7, 11) is 0. The molecule has 0 fully saturated rings. The molecule has 0 saturated carbocycles. The lowest BCUT2D eigenvalue weighted by Crippen LogP contribution is -2.07. The number of carboxylic acid groups (broad SMARTS) is 2. The van der Waals surface area contributed by atoms with E-state index in [2.05, 4.69) is 19.9 Å². The number of hydrogen-bond donors (Lipinski definition) is 4. The molecule has 0 radical (unpaired) electrons. The lowest BCUT2D eigenvalue weighted by atomic mass is 9.97. The molecule has 0 saturated heterocycles. The third kappa shape index (κ3) is 2.78. The van der Waals surface area contributed by atoms with Crippen LogP contribution in [0.1, 0.15) is 20.7 Å². The summed E-state index contributed by atoms with van der Waals surface area (Å²) in [6.07, 6.45) is 0. The molecule has 0 bridgehead atoms. The number of aromatic amines is 2. The van der Waals surface area contributed by atoms with E-state index in [1.165, 1.54) is 6.07 Å². The molecule has 2 heterocycles. The van der Waals surface area contributed by atoms with E-state index in [1.54, 1.807) is 0 Å². The van der Waals surface area contributed by atoms with Gasteiger partial charge in [0, 0.05) is 11.1 Å². The second-order valence-electron chi connectivity index (χ2n) is 6.76. The Bertz CT molecular complexity index is 1290. The van der Waals surface area contributed by atoms with Crippen molar-refractivity contribution in [1.29, 1.82) is 0 Å². The molecular formula is C22H14N4O4. The summed E-state index contributed by atoms with van der Waals surface area (Å²) in [5.41, 5.74) is 3.08. The normalized spacial score (nSPS) is 11.2. The highest BCUT2D eigenvalue weighted by molar-refractivity contribution is 6.04. The van der Waals surface area contributed by atoms with Crippen LogP contribution >= 0.6 is 0 Å². The third-order valence-corrected chi connectivity index (χ3v) is 4.91. The van der Waals surface area contributed by atoms with Gasteiger partial charge in [0.15, 0.2) is 0 Å². The molecule has 0 spiro atoms. The van der Waals surface area contributed by atoms with Gasteiger partial charge >= 0.3 is 11.9 Å². The van der Waals surface area contributed by atoms with Gasteiger partial charge in [0.1, 0.15) is 11.6 Å². The van der Waals surface area contributed by atoms with Crippen LogP contribution in [0.3, 0.4) is 0 Å². The number of hydrogen-bond acceptors (Lipinski definition) is 4. The van der Waals surface area contributed by atoms with E-state index in [4.69, 9.17) is 0 Å². The van der Waals surface area contributed by atoms with Crippen LogP contribution < -0.4 is 0 Å². The van der Waals surface area contributed by atoms with Crippen molar-refractivity contribution in [3.8, 4) is 22.8 Å². The lowest BCUT2D eigenvalue weighted by molar-refractivity contribution is 0.0696. The molecule has 8 nitrogen and oxygen atoms in total. The summed E-state index contributed by atoms with van der Waals surface area (Å²) >= 11 is 0. The second-order valence-corrected chi connectivity index (χ2v) is 6.76. The van der Waals surface area contributed by atoms with Crippen molar-refractivity contribution in [3.05, 3.63) is 71.8 Å². The molecule has 0 aliphatic rings. The molecule has 0 aliphatic carbocycles. The Kier molecular flexibility index (Phi) is 3.85. The van der Waals surface area contributed by atoms with E-state index >= 15 is 0 Å². The molecule has 0 aliphatic heterocycles. The van der Waals surface area contributed by atoms with Crippen LogP contribution in [0.15, 0.2) is 60.7 Å². The summed E-state index contributed by atoms with van der Waals surface area (Å²) in [4.78, 5) is 39.0. The number of benzene rings is 3. The number of nitrogens with zero attached hydrogens (tertiary/aromatic N) is 2. The molecule has 0 atom stereocenters. The van der Waals surface area contributed by atoms with E-state index in [-0.39, 0.29) is 22.3 Å². The molecule has 0 amide bonds. The number of imidazole rings is 2. The zero-order chi connectivity index (χ0) is 20.8. The highest BCUT2D eigenvalue weighted by atomic mass is 16.4. The minimum Gasteiger partial charge on any atom is -0.478 e. The number of fused-ring (bicyclic) bond motifs is 2. The van der Waals surface area contributed by atoms with Gasteiger partial charge in [-0.15, -0.1) is 0 Å². The monoisotopic (exact) mass is 398 g/mol. The van der Waals surface area contributed by atoms with Crippen molar-refractivity contribution >= 4 is 34.0 Å². The van der Waals surface area contributed by atoms with Gasteiger partial charge in [0.05, 0.1) is 33.2 Å². The van der Waals surface area contributed by atoms with Crippen molar-refractivity contribution in [1.82, 2.24) is 19.9 Å². The van der Waals surface area contributed by atoms with Crippen LogP contribution in [0, 0.1) is 0 Å². The minimum absolute atomic E-state index is 0.161. The number of rotatable bonds is 4. The van der Waals surface area contributed by atoms with Crippen molar-refractivity contribution in [2.75, 3.05) is 0 Å². The highest BCUT2D eigenvalue weighted by Gasteiger charge is 2.23. The van der Waals surface area contributed by atoms with Crippen LogP contribution in [0.25, 0.3) is 44.8 Å². The first-order valence-corrected chi connectivity index (χ1v) is 9.06. The fourth-order valence-corrected chi connectivity index (χ4v) is 3.51. The van der Waals surface area contributed by atoms with E-state index in [0.29, 0.717) is 22.7 Å². The Morgan fingerprint density at radius 1 is 0.667 bits per heavy atom. The first-order chi connectivity index (χ1) is 14.5. The molecule has 5 rings (SSSR count). The first-order valence-electron chi connectivity index (χ1n) is 9.06. The number of carbonyl (C=O) groups is 2. The number of H-pyrrole nitrogens is 2. The predicted octanol–water partition coefficient (Wildman–Crippen LogP) is 4.17. The quantitative estimate of drug-likeness (QED) is 0.359. The fraction of sp³-hybridized carbons (Fsp3) is 0. The smallest absolute Gasteiger partial charge is 0.336 e. The predicted molar refractivity (Wildman–Crippen MR) is 111 cm³/mol. The van der Waals surface area contributed by atoms with Crippen molar-refractivity contribution < 1.29 is 19.8 Å². The van der Waals surface area contributed by atoms with Gasteiger partial charge in [0.2, 0.25) is 0 Å². The summed E-state index contributed by atoms with van der Waals surface area (Å²) < 4.78 is 0. The molecule has 4 N–H and O–H groups in total. The maximum Gasteiger partial charge on any atom is 0.336 e. The van der Waals surface area contributed by atoms with Gasteiger partial charge in [-0.1, -0.05) is 24.3 Å². The Balaban J connectivity index is 1.80. The molecular weight excluding hydrogens is 384 g/mol. The van der Waals surface area contributed by atoms with Gasteiger partial charge in [-0.2, -0.15) is 0 Å². The highest BCUT2D eigenvalue weighted by Crippen LogP contribution is 2.32. The molecule has 5 aromatic rings. The molecule has 8 heteroatoms. The van der Waals surface area contributed by atoms with Gasteiger partial charge in [-0.05, 0) is 36.4 Å². The average molecular weight is 398 g/mol. The average Bonchev–Trinajstić information content (AvgIpc) is 3.36. The van der Waals surface area contributed by atoms with Crippen LogP contribution in [0.5, 0.6) is 0 Å². The molecule has 3 aromatic carbocycles. The van der Waals surface area contributed by atoms with Crippen LogP contribution in [-0.2, 0) is 0 Å². The number of aromatic carboxylic acids is 2. The van der Waals surface area contributed by atoms with Gasteiger partial charge in [-0.25, -0.2) is 19.6 Å². The largest absolute Gasteiger partial charge is 0.478 e. The lowest BCUT2D eigenvalue weighted by Gasteiger charge is -2.10. The Morgan fingerprint density at radius 2 is 1.10 bits per heavy atom. The zero-order valence-electron chi connectivity index (χ0n) is 15.4. The Hall–Kier alpha value is -4.46. The summed E-state index contributed by atoms with van der Waals surface area (Å²) in [6.45, 7) is 0. The summed E-state index contributed by atoms with van der Waals surface area (Å²) in [6, 6.07) is 17.3. The van der Waals surface area contributed by atoms with Crippen LogP contribution in [0.2, 0.25) is 0 Å².